The lowest BCUT2D eigenvalue weighted by molar-refractivity contribution is 0.411. The Hall–Kier alpha value is -0.910. The van der Waals surface area contributed by atoms with E-state index in [1.807, 2.05) is 12.3 Å². The van der Waals surface area contributed by atoms with Crippen LogP contribution in [0.4, 0.5) is 0 Å². The van der Waals surface area contributed by atoms with Crippen molar-refractivity contribution in [1.82, 2.24) is 10.3 Å². The molecule has 2 aromatic rings. The number of methoxy groups -OCH3 is 1. The number of halogens is 1. The van der Waals surface area contributed by atoms with Crippen LogP contribution in [0.15, 0.2) is 28.9 Å². The minimum Gasteiger partial charge on any atom is -0.496 e. The minimum atomic E-state index is 0.270. The number of nitrogens with one attached hydrogen (secondary N) is 1. The van der Waals surface area contributed by atoms with Gasteiger partial charge in [0, 0.05) is 23.7 Å². The zero-order valence-electron chi connectivity index (χ0n) is 11.9. The van der Waals surface area contributed by atoms with Crippen molar-refractivity contribution >= 4 is 27.3 Å². The summed E-state index contributed by atoms with van der Waals surface area (Å²) in [6.45, 7) is 5.11. The van der Waals surface area contributed by atoms with E-state index in [1.54, 1.807) is 18.4 Å². The van der Waals surface area contributed by atoms with Gasteiger partial charge < -0.3 is 10.1 Å². The smallest absolute Gasteiger partial charge is 0.133 e. The number of hydrogen-bond acceptors (Lipinski definition) is 4. The molecule has 1 heterocycles. The minimum absolute atomic E-state index is 0.270. The SMILES string of the molecule is CCc1cnc(CNC(C)c2ccc(OC)c(Br)c2)s1. The van der Waals surface area contributed by atoms with Crippen molar-refractivity contribution < 1.29 is 4.74 Å². The zero-order valence-corrected chi connectivity index (χ0v) is 14.3. The van der Waals surface area contributed by atoms with Gasteiger partial charge in [-0.05, 0) is 47.0 Å². The summed E-state index contributed by atoms with van der Waals surface area (Å²) in [5, 5.41) is 4.64. The van der Waals surface area contributed by atoms with E-state index in [0.29, 0.717) is 0 Å². The average Bonchev–Trinajstić information content (AvgIpc) is 2.92. The highest BCUT2D eigenvalue weighted by atomic mass is 79.9. The lowest BCUT2D eigenvalue weighted by atomic mass is 10.1. The van der Waals surface area contributed by atoms with Gasteiger partial charge >= 0.3 is 0 Å². The van der Waals surface area contributed by atoms with Crippen LogP contribution in [0.3, 0.4) is 0 Å². The Balaban J connectivity index is 1.97. The Morgan fingerprint density at radius 1 is 1.45 bits per heavy atom. The summed E-state index contributed by atoms with van der Waals surface area (Å²) in [4.78, 5) is 5.76. The van der Waals surface area contributed by atoms with Gasteiger partial charge in [-0.1, -0.05) is 13.0 Å². The maximum Gasteiger partial charge on any atom is 0.133 e. The van der Waals surface area contributed by atoms with Crippen LogP contribution in [0, 0.1) is 0 Å². The molecule has 20 heavy (non-hydrogen) atoms. The van der Waals surface area contributed by atoms with Crippen molar-refractivity contribution in [2.24, 2.45) is 0 Å². The van der Waals surface area contributed by atoms with E-state index in [2.05, 4.69) is 52.2 Å². The molecule has 3 nitrogen and oxygen atoms in total. The normalized spacial score (nSPS) is 12.4. The van der Waals surface area contributed by atoms with Crippen molar-refractivity contribution in [3.8, 4) is 5.75 Å². The molecular weight excluding hydrogens is 336 g/mol. The van der Waals surface area contributed by atoms with E-state index in [1.165, 1.54) is 10.4 Å². The van der Waals surface area contributed by atoms with E-state index >= 15 is 0 Å². The van der Waals surface area contributed by atoms with E-state index < -0.39 is 0 Å². The molecule has 1 atom stereocenters. The molecule has 1 N–H and O–H groups in total. The number of nitrogens with zero attached hydrogens (tertiary/aromatic N) is 1. The number of aromatic nitrogens is 1. The van der Waals surface area contributed by atoms with Crippen LogP contribution in [0.1, 0.15) is 35.3 Å². The second-order valence-corrected chi connectivity index (χ2v) is 6.62. The molecule has 0 bridgehead atoms. The maximum absolute atomic E-state index is 5.25. The van der Waals surface area contributed by atoms with E-state index in [9.17, 15) is 0 Å². The molecule has 1 unspecified atom stereocenters. The molecule has 0 saturated heterocycles. The Morgan fingerprint density at radius 3 is 2.85 bits per heavy atom. The molecule has 1 aromatic heterocycles. The Kier molecular flexibility index (Phi) is 5.57. The maximum atomic E-state index is 5.25. The molecule has 108 valence electrons. The van der Waals surface area contributed by atoms with Crippen molar-refractivity contribution in [1.29, 1.82) is 0 Å². The molecule has 0 fully saturated rings. The third-order valence-corrected chi connectivity index (χ3v) is 4.95. The van der Waals surface area contributed by atoms with Gasteiger partial charge in [0.15, 0.2) is 0 Å². The van der Waals surface area contributed by atoms with E-state index in [4.69, 9.17) is 4.74 Å². The lowest BCUT2D eigenvalue weighted by Crippen LogP contribution is -2.17. The van der Waals surface area contributed by atoms with Crippen LogP contribution in [0.5, 0.6) is 5.75 Å². The first-order valence-corrected chi connectivity index (χ1v) is 8.25. The Morgan fingerprint density at radius 2 is 2.25 bits per heavy atom. The summed E-state index contributed by atoms with van der Waals surface area (Å²) in [6.07, 6.45) is 3.02. The van der Waals surface area contributed by atoms with Crippen molar-refractivity contribution in [2.45, 2.75) is 32.9 Å². The standard InChI is InChI=1S/C15H19BrN2OS/c1-4-12-8-18-15(20-12)9-17-10(2)11-5-6-14(19-3)13(16)7-11/h5-8,10,17H,4,9H2,1-3H3. The molecule has 1 aromatic carbocycles. The molecule has 0 aliphatic carbocycles. The fourth-order valence-electron chi connectivity index (χ4n) is 1.90. The molecule has 0 radical (unpaired) electrons. The van der Waals surface area contributed by atoms with Gasteiger partial charge in [0.2, 0.25) is 0 Å². The number of benzene rings is 1. The van der Waals surface area contributed by atoms with Gasteiger partial charge in [0.25, 0.3) is 0 Å². The highest BCUT2D eigenvalue weighted by Gasteiger charge is 2.09. The van der Waals surface area contributed by atoms with Crippen molar-refractivity contribution in [2.75, 3.05) is 7.11 Å². The zero-order chi connectivity index (χ0) is 14.5. The van der Waals surface area contributed by atoms with Gasteiger partial charge in [0.05, 0.1) is 11.6 Å². The highest BCUT2D eigenvalue weighted by molar-refractivity contribution is 9.10. The van der Waals surface area contributed by atoms with Crippen molar-refractivity contribution in [3.63, 3.8) is 0 Å². The fraction of sp³-hybridized carbons (Fsp3) is 0.400. The Labute approximate surface area is 132 Å². The fourth-order valence-corrected chi connectivity index (χ4v) is 3.28. The Bertz CT molecular complexity index is 571. The van der Waals surface area contributed by atoms with Crippen LogP contribution in [-0.4, -0.2) is 12.1 Å². The summed E-state index contributed by atoms with van der Waals surface area (Å²) in [5.41, 5.74) is 1.23. The predicted octanol–water partition coefficient (Wildman–Crippen LogP) is 4.33. The summed E-state index contributed by atoms with van der Waals surface area (Å²) < 4.78 is 6.23. The largest absolute Gasteiger partial charge is 0.496 e. The van der Waals surface area contributed by atoms with Crippen LogP contribution in [-0.2, 0) is 13.0 Å². The molecule has 0 saturated carbocycles. The summed E-state index contributed by atoms with van der Waals surface area (Å²) in [7, 11) is 1.68. The highest BCUT2D eigenvalue weighted by Crippen LogP contribution is 2.28. The molecule has 5 heteroatoms. The summed E-state index contributed by atoms with van der Waals surface area (Å²) >= 11 is 5.30. The third kappa shape index (κ3) is 3.81. The number of aryl methyl sites for hydroxylation is 1. The van der Waals surface area contributed by atoms with Gasteiger partial charge in [0.1, 0.15) is 10.8 Å². The molecule has 0 aliphatic heterocycles. The quantitative estimate of drug-likeness (QED) is 0.838. The molecule has 0 aliphatic rings. The van der Waals surface area contributed by atoms with Gasteiger partial charge in [-0.2, -0.15) is 0 Å². The third-order valence-electron chi connectivity index (χ3n) is 3.19. The van der Waals surface area contributed by atoms with Crippen LogP contribution in [0.25, 0.3) is 0 Å². The number of ether oxygens (including phenoxy) is 1. The number of rotatable bonds is 6. The van der Waals surface area contributed by atoms with Gasteiger partial charge in [-0.25, -0.2) is 4.98 Å². The number of thiazole rings is 1. The molecular formula is C15H19BrN2OS. The summed E-state index contributed by atoms with van der Waals surface area (Å²) in [6, 6.07) is 6.43. The molecule has 0 spiro atoms. The van der Waals surface area contributed by atoms with E-state index in [-0.39, 0.29) is 6.04 Å². The van der Waals surface area contributed by atoms with Crippen LogP contribution < -0.4 is 10.1 Å². The monoisotopic (exact) mass is 354 g/mol. The second kappa shape index (κ2) is 7.20. The van der Waals surface area contributed by atoms with Gasteiger partial charge in [-0.15, -0.1) is 11.3 Å². The first-order valence-electron chi connectivity index (χ1n) is 6.64. The first kappa shape index (κ1) is 15.5. The number of hydrogen-bond donors (Lipinski definition) is 1. The van der Waals surface area contributed by atoms with Crippen LogP contribution >= 0.6 is 27.3 Å². The van der Waals surface area contributed by atoms with Crippen molar-refractivity contribution in [3.05, 3.63) is 44.3 Å². The predicted molar refractivity (Wildman–Crippen MR) is 87.4 cm³/mol. The topological polar surface area (TPSA) is 34.2 Å². The van der Waals surface area contributed by atoms with Crippen LogP contribution in [0.2, 0.25) is 0 Å². The average molecular weight is 355 g/mol. The van der Waals surface area contributed by atoms with E-state index in [0.717, 1.165) is 28.2 Å². The molecule has 0 amide bonds. The first-order chi connectivity index (χ1) is 9.63. The second-order valence-electron chi connectivity index (χ2n) is 4.57. The van der Waals surface area contributed by atoms with Gasteiger partial charge in [-0.3, -0.25) is 0 Å². The lowest BCUT2D eigenvalue weighted by Gasteiger charge is -2.14. The molecule has 2 rings (SSSR count). The summed E-state index contributed by atoms with van der Waals surface area (Å²) in [5.74, 6) is 0.855.